The lowest BCUT2D eigenvalue weighted by Crippen LogP contribution is -2.06. The van der Waals surface area contributed by atoms with Crippen LogP contribution in [0.1, 0.15) is 18.1 Å². The number of rotatable bonds is 3. The first-order chi connectivity index (χ1) is 7.69. The van der Waals surface area contributed by atoms with Crippen LogP contribution in [0.25, 0.3) is 6.08 Å². The predicted molar refractivity (Wildman–Crippen MR) is 61.4 cm³/mol. The molecule has 0 saturated heterocycles. The maximum absolute atomic E-state index is 11.4. The van der Waals surface area contributed by atoms with Crippen molar-refractivity contribution in [2.24, 2.45) is 0 Å². The van der Waals surface area contributed by atoms with E-state index in [1.54, 1.807) is 13.0 Å². The second-order valence-corrected chi connectivity index (χ2v) is 3.25. The number of benzene rings is 1. The minimum absolute atomic E-state index is 0.0242. The minimum atomic E-state index is -0.576. The van der Waals surface area contributed by atoms with Crippen LogP contribution in [0.4, 0.5) is 0 Å². The molecule has 0 spiro atoms. The highest BCUT2D eigenvalue weighted by Gasteiger charge is 2.09. The molecule has 0 fully saturated rings. The summed E-state index contributed by atoms with van der Waals surface area (Å²) in [6, 6.07) is 9.39. The van der Waals surface area contributed by atoms with E-state index in [4.69, 9.17) is 10.00 Å². The fourth-order valence-electron chi connectivity index (χ4n) is 1.25. The molecule has 0 unspecified atom stereocenters. The van der Waals surface area contributed by atoms with Crippen molar-refractivity contribution >= 4 is 12.0 Å². The second kappa shape index (κ2) is 5.72. The lowest BCUT2D eigenvalue weighted by Gasteiger charge is -2.01. The van der Waals surface area contributed by atoms with Gasteiger partial charge >= 0.3 is 5.97 Å². The zero-order valence-electron chi connectivity index (χ0n) is 9.36. The molecule has 0 aliphatic heterocycles. The van der Waals surface area contributed by atoms with Crippen LogP contribution in [0.2, 0.25) is 0 Å². The summed E-state index contributed by atoms with van der Waals surface area (Å²) >= 11 is 0. The Morgan fingerprint density at radius 1 is 1.50 bits per heavy atom. The zero-order valence-corrected chi connectivity index (χ0v) is 9.36. The zero-order chi connectivity index (χ0) is 12.0. The normalized spacial score (nSPS) is 10.7. The van der Waals surface area contributed by atoms with E-state index in [0.717, 1.165) is 11.1 Å². The van der Waals surface area contributed by atoms with E-state index in [-0.39, 0.29) is 12.2 Å². The number of hydrogen-bond donors (Lipinski definition) is 0. The molecule has 0 amide bonds. The van der Waals surface area contributed by atoms with Gasteiger partial charge in [-0.1, -0.05) is 24.3 Å². The van der Waals surface area contributed by atoms with Gasteiger partial charge in [-0.05, 0) is 31.1 Å². The molecule has 16 heavy (non-hydrogen) atoms. The Bertz CT molecular complexity index is 455. The van der Waals surface area contributed by atoms with Crippen LogP contribution < -0.4 is 0 Å². The molecular formula is C13H13NO2. The van der Waals surface area contributed by atoms with E-state index in [1.807, 2.05) is 37.3 Å². The lowest BCUT2D eigenvalue weighted by atomic mass is 10.1. The molecule has 0 atom stereocenters. The van der Waals surface area contributed by atoms with Crippen molar-refractivity contribution < 1.29 is 9.53 Å². The molecule has 3 nitrogen and oxygen atoms in total. The molecule has 0 aromatic heterocycles. The van der Waals surface area contributed by atoms with Crippen molar-refractivity contribution in [3.63, 3.8) is 0 Å². The van der Waals surface area contributed by atoms with Crippen LogP contribution in [-0.2, 0) is 9.53 Å². The van der Waals surface area contributed by atoms with Gasteiger partial charge in [0.05, 0.1) is 6.61 Å². The van der Waals surface area contributed by atoms with E-state index in [1.165, 1.54) is 0 Å². The molecule has 0 radical (unpaired) electrons. The van der Waals surface area contributed by atoms with Crippen LogP contribution in [0.5, 0.6) is 0 Å². The van der Waals surface area contributed by atoms with Crippen molar-refractivity contribution in [3.8, 4) is 6.07 Å². The molecule has 82 valence electrons. The number of nitriles is 1. The number of ether oxygens (including phenoxy) is 1. The summed E-state index contributed by atoms with van der Waals surface area (Å²) in [7, 11) is 0. The first-order valence-electron chi connectivity index (χ1n) is 5.03. The van der Waals surface area contributed by atoms with Gasteiger partial charge in [0.1, 0.15) is 11.6 Å². The Kier molecular flexibility index (Phi) is 4.28. The summed E-state index contributed by atoms with van der Waals surface area (Å²) in [6.45, 7) is 3.90. The molecular weight excluding hydrogens is 202 g/mol. The number of nitrogens with zero attached hydrogens (tertiary/aromatic N) is 1. The number of carbonyl (C=O) groups is 1. The number of carbonyl (C=O) groups excluding carboxylic acids is 1. The molecule has 0 aliphatic rings. The Hall–Kier alpha value is -2.08. The standard InChI is InChI=1S/C13H13NO2/c1-3-16-13(15)12(9-14)8-11-7-5-4-6-10(11)2/h4-8H,3H2,1-2H3. The summed E-state index contributed by atoms with van der Waals surface area (Å²) in [5, 5.41) is 8.86. The fraction of sp³-hybridized carbons (Fsp3) is 0.231. The number of hydrogen-bond acceptors (Lipinski definition) is 3. The van der Waals surface area contributed by atoms with Gasteiger partial charge in [-0.2, -0.15) is 5.26 Å². The third-order valence-corrected chi connectivity index (χ3v) is 2.10. The van der Waals surface area contributed by atoms with Crippen LogP contribution in [-0.4, -0.2) is 12.6 Å². The van der Waals surface area contributed by atoms with E-state index >= 15 is 0 Å². The van der Waals surface area contributed by atoms with E-state index in [2.05, 4.69) is 0 Å². The van der Waals surface area contributed by atoms with Crippen LogP contribution >= 0.6 is 0 Å². The third-order valence-electron chi connectivity index (χ3n) is 2.10. The monoisotopic (exact) mass is 215 g/mol. The smallest absolute Gasteiger partial charge is 0.348 e. The lowest BCUT2D eigenvalue weighted by molar-refractivity contribution is -0.137. The molecule has 1 aromatic carbocycles. The summed E-state index contributed by atoms with van der Waals surface area (Å²) < 4.78 is 4.78. The van der Waals surface area contributed by atoms with E-state index in [0.29, 0.717) is 0 Å². The van der Waals surface area contributed by atoms with Crippen molar-refractivity contribution in [3.05, 3.63) is 41.0 Å². The Labute approximate surface area is 95.0 Å². The van der Waals surface area contributed by atoms with Crippen LogP contribution in [0.3, 0.4) is 0 Å². The highest BCUT2D eigenvalue weighted by atomic mass is 16.5. The van der Waals surface area contributed by atoms with Gasteiger partial charge in [0.2, 0.25) is 0 Å². The summed E-state index contributed by atoms with van der Waals surface area (Å²) in [4.78, 5) is 11.4. The molecule has 3 heteroatoms. The van der Waals surface area contributed by atoms with Gasteiger partial charge in [0, 0.05) is 0 Å². The molecule has 0 bridgehead atoms. The van der Waals surface area contributed by atoms with Crippen molar-refractivity contribution in [1.82, 2.24) is 0 Å². The second-order valence-electron chi connectivity index (χ2n) is 3.25. The predicted octanol–water partition coefficient (Wildman–Crippen LogP) is 2.47. The van der Waals surface area contributed by atoms with Crippen molar-refractivity contribution in [2.45, 2.75) is 13.8 Å². The van der Waals surface area contributed by atoms with Gasteiger partial charge < -0.3 is 4.74 Å². The average molecular weight is 215 g/mol. The third kappa shape index (κ3) is 2.96. The largest absolute Gasteiger partial charge is 0.462 e. The highest BCUT2D eigenvalue weighted by molar-refractivity contribution is 5.98. The molecule has 0 heterocycles. The number of esters is 1. The quantitative estimate of drug-likeness (QED) is 0.442. The van der Waals surface area contributed by atoms with Crippen molar-refractivity contribution in [2.75, 3.05) is 6.61 Å². The van der Waals surface area contributed by atoms with Gasteiger partial charge in [-0.15, -0.1) is 0 Å². The van der Waals surface area contributed by atoms with Crippen LogP contribution in [0, 0.1) is 18.3 Å². The topological polar surface area (TPSA) is 50.1 Å². The Balaban J connectivity index is 3.02. The molecule has 0 aliphatic carbocycles. The fourth-order valence-corrected chi connectivity index (χ4v) is 1.25. The van der Waals surface area contributed by atoms with Crippen LogP contribution in [0.15, 0.2) is 29.8 Å². The maximum atomic E-state index is 11.4. The molecule has 0 N–H and O–H groups in total. The summed E-state index contributed by atoms with van der Waals surface area (Å²) in [5.41, 5.74) is 1.89. The Morgan fingerprint density at radius 2 is 2.19 bits per heavy atom. The number of aryl methyl sites for hydroxylation is 1. The summed E-state index contributed by atoms with van der Waals surface area (Å²) in [6.07, 6.45) is 1.55. The Morgan fingerprint density at radius 3 is 2.75 bits per heavy atom. The maximum Gasteiger partial charge on any atom is 0.348 e. The van der Waals surface area contributed by atoms with Gasteiger partial charge in [-0.25, -0.2) is 4.79 Å². The molecule has 0 saturated carbocycles. The molecule has 1 rings (SSSR count). The van der Waals surface area contributed by atoms with Gasteiger partial charge in [0.15, 0.2) is 0 Å². The van der Waals surface area contributed by atoms with Gasteiger partial charge in [-0.3, -0.25) is 0 Å². The molecule has 1 aromatic rings. The summed E-state index contributed by atoms with van der Waals surface area (Å²) in [5.74, 6) is -0.576. The SMILES string of the molecule is CCOC(=O)C(C#N)=Cc1ccccc1C. The van der Waals surface area contributed by atoms with Crippen molar-refractivity contribution in [1.29, 1.82) is 5.26 Å². The minimum Gasteiger partial charge on any atom is -0.462 e. The first kappa shape index (κ1) is 12.0. The highest BCUT2D eigenvalue weighted by Crippen LogP contribution is 2.12. The average Bonchev–Trinajstić information content (AvgIpc) is 2.28. The first-order valence-corrected chi connectivity index (χ1v) is 5.03. The van der Waals surface area contributed by atoms with E-state index < -0.39 is 5.97 Å². The van der Waals surface area contributed by atoms with Gasteiger partial charge in [0.25, 0.3) is 0 Å². The van der Waals surface area contributed by atoms with E-state index in [9.17, 15) is 4.79 Å².